The molecule has 1 fully saturated rings. The Kier molecular flexibility index (Phi) is 5.61. The van der Waals surface area contributed by atoms with E-state index in [1.165, 1.54) is 29.2 Å². The van der Waals surface area contributed by atoms with Crippen molar-refractivity contribution in [2.75, 3.05) is 13.1 Å². The predicted molar refractivity (Wildman–Crippen MR) is 88.2 cm³/mol. The highest BCUT2D eigenvalue weighted by Gasteiger charge is 2.28. The molecule has 1 aliphatic rings. The van der Waals surface area contributed by atoms with Gasteiger partial charge in [-0.25, -0.2) is 13.1 Å². The number of benzene rings is 1. The van der Waals surface area contributed by atoms with E-state index in [0.717, 1.165) is 0 Å². The minimum atomic E-state index is -3.60. The molecule has 1 amide bonds. The van der Waals surface area contributed by atoms with Gasteiger partial charge >= 0.3 is 5.97 Å². The van der Waals surface area contributed by atoms with Gasteiger partial charge in [0.15, 0.2) is 0 Å². The molecular weight excluding hydrogens is 332 g/mol. The van der Waals surface area contributed by atoms with Gasteiger partial charge < -0.3 is 10.0 Å². The molecule has 0 radical (unpaired) electrons. The molecule has 2 N–H and O–H groups in total. The first-order valence-corrected chi connectivity index (χ1v) is 9.33. The fourth-order valence-corrected chi connectivity index (χ4v) is 3.95. The van der Waals surface area contributed by atoms with Crippen LogP contribution in [-0.2, 0) is 14.8 Å². The lowest BCUT2D eigenvalue weighted by Gasteiger charge is -2.30. The molecule has 132 valence electrons. The molecule has 1 aliphatic heterocycles. The van der Waals surface area contributed by atoms with Gasteiger partial charge in [0.25, 0.3) is 5.91 Å². The van der Waals surface area contributed by atoms with Crippen LogP contribution in [0.5, 0.6) is 0 Å². The first-order valence-electron chi connectivity index (χ1n) is 7.85. The number of hydrogen-bond donors (Lipinski definition) is 2. The Morgan fingerprint density at radius 2 is 1.88 bits per heavy atom. The van der Waals surface area contributed by atoms with Gasteiger partial charge in [0.1, 0.15) is 0 Å². The maximum Gasteiger partial charge on any atom is 0.308 e. The van der Waals surface area contributed by atoms with Crippen molar-refractivity contribution in [2.24, 2.45) is 5.92 Å². The molecule has 0 spiro atoms. The second-order valence-electron chi connectivity index (χ2n) is 6.23. The molecule has 1 heterocycles. The van der Waals surface area contributed by atoms with Crippen LogP contribution in [0.1, 0.15) is 37.0 Å². The van der Waals surface area contributed by atoms with Crippen molar-refractivity contribution in [3.63, 3.8) is 0 Å². The van der Waals surface area contributed by atoms with Crippen LogP contribution >= 0.6 is 0 Å². The Balaban J connectivity index is 2.13. The van der Waals surface area contributed by atoms with Crippen LogP contribution in [0.2, 0.25) is 0 Å². The number of carbonyl (C=O) groups is 2. The minimum Gasteiger partial charge on any atom is -0.481 e. The van der Waals surface area contributed by atoms with E-state index in [4.69, 9.17) is 5.11 Å². The lowest BCUT2D eigenvalue weighted by atomic mass is 9.97. The largest absolute Gasteiger partial charge is 0.481 e. The summed E-state index contributed by atoms with van der Waals surface area (Å²) in [5.74, 6) is -1.71. The average molecular weight is 354 g/mol. The molecule has 0 bridgehead atoms. The first-order chi connectivity index (χ1) is 11.2. The monoisotopic (exact) mass is 354 g/mol. The SMILES string of the molecule is CC(C)NS(=O)(=O)c1ccc(C(=O)N2CCCC(C(=O)O)C2)cc1. The van der Waals surface area contributed by atoms with Crippen LogP contribution in [0.25, 0.3) is 0 Å². The smallest absolute Gasteiger partial charge is 0.308 e. The Hall–Kier alpha value is -1.93. The van der Waals surface area contributed by atoms with Crippen molar-refractivity contribution in [2.45, 2.75) is 37.6 Å². The number of carboxylic acids is 1. The molecule has 0 aromatic heterocycles. The fourth-order valence-electron chi connectivity index (χ4n) is 2.70. The number of nitrogens with one attached hydrogen (secondary N) is 1. The third-order valence-electron chi connectivity index (χ3n) is 3.86. The normalized spacial score (nSPS) is 18.6. The molecular formula is C16H22N2O5S. The molecule has 2 rings (SSSR count). The fraction of sp³-hybridized carbons (Fsp3) is 0.500. The summed E-state index contributed by atoms with van der Waals surface area (Å²) in [6.07, 6.45) is 1.21. The number of carboxylic acid groups (broad SMARTS) is 1. The number of nitrogens with zero attached hydrogens (tertiary/aromatic N) is 1. The first kappa shape index (κ1) is 18.4. The zero-order valence-electron chi connectivity index (χ0n) is 13.7. The third-order valence-corrected chi connectivity index (χ3v) is 5.53. The Labute approximate surface area is 141 Å². The molecule has 7 nitrogen and oxygen atoms in total. The summed E-state index contributed by atoms with van der Waals surface area (Å²) in [5, 5.41) is 9.09. The Morgan fingerprint density at radius 3 is 2.42 bits per heavy atom. The highest BCUT2D eigenvalue weighted by molar-refractivity contribution is 7.89. The minimum absolute atomic E-state index is 0.0924. The maximum atomic E-state index is 12.5. The van der Waals surface area contributed by atoms with Crippen LogP contribution in [0.15, 0.2) is 29.2 Å². The molecule has 8 heteroatoms. The predicted octanol–water partition coefficient (Wildman–Crippen LogP) is 1.31. The zero-order chi connectivity index (χ0) is 17.9. The van der Waals surface area contributed by atoms with Crippen LogP contribution in [0.4, 0.5) is 0 Å². The number of carbonyl (C=O) groups excluding carboxylic acids is 1. The standard InChI is InChI=1S/C16H22N2O5S/c1-11(2)17-24(22,23)14-7-5-12(6-8-14)15(19)18-9-3-4-13(10-18)16(20)21/h5-8,11,13,17H,3-4,9-10H2,1-2H3,(H,20,21). The summed E-state index contributed by atoms with van der Waals surface area (Å²) in [6, 6.07) is 5.47. The summed E-state index contributed by atoms with van der Waals surface area (Å²) in [4.78, 5) is 25.2. The molecule has 1 unspecified atom stereocenters. The lowest BCUT2D eigenvalue weighted by Crippen LogP contribution is -2.42. The lowest BCUT2D eigenvalue weighted by molar-refractivity contribution is -0.143. The van der Waals surface area contributed by atoms with Crippen molar-refractivity contribution in [1.82, 2.24) is 9.62 Å². The number of aliphatic carboxylic acids is 1. The van der Waals surface area contributed by atoms with Gasteiger partial charge in [0, 0.05) is 24.7 Å². The van der Waals surface area contributed by atoms with Gasteiger partial charge in [-0.3, -0.25) is 9.59 Å². The highest BCUT2D eigenvalue weighted by atomic mass is 32.2. The molecule has 1 aromatic rings. The van der Waals surface area contributed by atoms with E-state index in [1.54, 1.807) is 13.8 Å². The Bertz CT molecular complexity index is 712. The maximum absolute atomic E-state index is 12.5. The van der Waals surface area contributed by atoms with E-state index in [0.29, 0.717) is 24.9 Å². The van der Waals surface area contributed by atoms with Crippen LogP contribution in [-0.4, -0.2) is 49.4 Å². The summed E-state index contributed by atoms with van der Waals surface area (Å²) in [6.45, 7) is 4.15. The number of sulfonamides is 1. The van der Waals surface area contributed by atoms with Crippen LogP contribution in [0.3, 0.4) is 0 Å². The van der Waals surface area contributed by atoms with Gasteiger partial charge in [0.05, 0.1) is 10.8 Å². The second kappa shape index (κ2) is 7.31. The van der Waals surface area contributed by atoms with Gasteiger partial charge in [-0.15, -0.1) is 0 Å². The topological polar surface area (TPSA) is 104 Å². The number of likely N-dealkylation sites (tertiary alicyclic amines) is 1. The van der Waals surface area contributed by atoms with Crippen LogP contribution in [0, 0.1) is 5.92 Å². The quantitative estimate of drug-likeness (QED) is 0.830. The molecule has 0 saturated carbocycles. The number of amides is 1. The molecule has 1 saturated heterocycles. The number of piperidine rings is 1. The average Bonchev–Trinajstić information content (AvgIpc) is 2.53. The summed E-state index contributed by atoms with van der Waals surface area (Å²) < 4.78 is 26.6. The molecule has 1 aromatic carbocycles. The van der Waals surface area contributed by atoms with Gasteiger partial charge in [-0.1, -0.05) is 0 Å². The number of hydrogen-bond acceptors (Lipinski definition) is 4. The summed E-state index contributed by atoms with van der Waals surface area (Å²) >= 11 is 0. The van der Waals surface area contributed by atoms with Crippen molar-refractivity contribution in [3.05, 3.63) is 29.8 Å². The van der Waals surface area contributed by atoms with Gasteiger partial charge in [-0.05, 0) is 51.0 Å². The summed E-state index contributed by atoms with van der Waals surface area (Å²) in [7, 11) is -3.60. The van der Waals surface area contributed by atoms with Crippen molar-refractivity contribution < 1.29 is 23.1 Å². The van der Waals surface area contributed by atoms with Crippen molar-refractivity contribution >= 4 is 21.9 Å². The van der Waals surface area contributed by atoms with E-state index in [9.17, 15) is 18.0 Å². The molecule has 0 aliphatic carbocycles. The Morgan fingerprint density at radius 1 is 1.25 bits per heavy atom. The highest BCUT2D eigenvalue weighted by Crippen LogP contribution is 2.19. The van der Waals surface area contributed by atoms with Gasteiger partial charge in [0.2, 0.25) is 10.0 Å². The van der Waals surface area contributed by atoms with E-state index in [-0.39, 0.29) is 23.4 Å². The van der Waals surface area contributed by atoms with Crippen LogP contribution < -0.4 is 4.72 Å². The van der Waals surface area contributed by atoms with E-state index in [1.807, 2.05) is 0 Å². The number of rotatable bonds is 5. The zero-order valence-corrected chi connectivity index (χ0v) is 14.5. The van der Waals surface area contributed by atoms with E-state index in [2.05, 4.69) is 4.72 Å². The molecule has 1 atom stereocenters. The van der Waals surface area contributed by atoms with Crippen molar-refractivity contribution in [1.29, 1.82) is 0 Å². The second-order valence-corrected chi connectivity index (χ2v) is 7.94. The summed E-state index contributed by atoms with van der Waals surface area (Å²) in [5.41, 5.74) is 0.351. The van der Waals surface area contributed by atoms with Crippen molar-refractivity contribution in [3.8, 4) is 0 Å². The molecule has 24 heavy (non-hydrogen) atoms. The van der Waals surface area contributed by atoms with E-state index >= 15 is 0 Å². The van der Waals surface area contributed by atoms with E-state index < -0.39 is 21.9 Å². The van der Waals surface area contributed by atoms with Gasteiger partial charge in [-0.2, -0.15) is 0 Å². The third kappa shape index (κ3) is 4.33.